The Bertz CT molecular complexity index is 1170. The molecule has 370 valence electrons. The Labute approximate surface area is 396 Å². The molecule has 64 heavy (non-hydrogen) atoms. The number of rotatable bonds is 49. The summed E-state index contributed by atoms with van der Waals surface area (Å²) in [6.45, 7) is 6.41. The Morgan fingerprint density at radius 3 is 1.08 bits per heavy atom. The SMILES string of the molecule is CC/C=C\C/C=C\C/C=C\C/C=C\CCC(=O)OC(COC(=O)CCCCCCC/C=C\CCC)COC(=O)CCCCCCCCCCCCCCCCCCCCCCCCC. The van der Waals surface area contributed by atoms with Crippen molar-refractivity contribution < 1.29 is 28.6 Å². The Morgan fingerprint density at radius 2 is 0.672 bits per heavy atom. The number of unbranched alkanes of at least 4 members (excludes halogenated alkanes) is 28. The van der Waals surface area contributed by atoms with Gasteiger partial charge in [0.2, 0.25) is 0 Å². The maximum atomic E-state index is 12.7. The minimum atomic E-state index is -0.812. The summed E-state index contributed by atoms with van der Waals surface area (Å²) in [5.41, 5.74) is 0. The van der Waals surface area contributed by atoms with E-state index in [1.165, 1.54) is 141 Å². The molecule has 0 spiro atoms. The van der Waals surface area contributed by atoms with Crippen molar-refractivity contribution in [3.8, 4) is 0 Å². The highest BCUT2D eigenvalue weighted by Crippen LogP contribution is 2.16. The summed E-state index contributed by atoms with van der Waals surface area (Å²) in [6.07, 6.45) is 65.3. The molecular weight excluding hydrogens is 793 g/mol. The molecule has 0 bridgehead atoms. The van der Waals surface area contributed by atoms with Gasteiger partial charge < -0.3 is 14.2 Å². The van der Waals surface area contributed by atoms with Crippen LogP contribution >= 0.6 is 0 Å². The first-order valence-electron chi connectivity index (χ1n) is 27.3. The van der Waals surface area contributed by atoms with Crippen molar-refractivity contribution in [3.63, 3.8) is 0 Å². The van der Waals surface area contributed by atoms with Gasteiger partial charge >= 0.3 is 17.9 Å². The second-order valence-corrected chi connectivity index (χ2v) is 18.1. The molecule has 0 aromatic rings. The molecule has 0 amide bonds. The van der Waals surface area contributed by atoms with Crippen LogP contribution in [0.2, 0.25) is 0 Å². The van der Waals surface area contributed by atoms with Crippen LogP contribution < -0.4 is 0 Å². The number of hydrogen-bond acceptors (Lipinski definition) is 6. The summed E-state index contributed by atoms with van der Waals surface area (Å²) in [5.74, 6) is -0.991. The fraction of sp³-hybridized carbons (Fsp3) is 0.776. The number of esters is 3. The fourth-order valence-corrected chi connectivity index (χ4v) is 7.69. The highest BCUT2D eigenvalue weighted by atomic mass is 16.6. The first-order chi connectivity index (χ1) is 31.5. The molecule has 0 aromatic heterocycles. The van der Waals surface area contributed by atoms with Crippen LogP contribution in [-0.4, -0.2) is 37.2 Å². The van der Waals surface area contributed by atoms with Gasteiger partial charge in [-0.1, -0.05) is 248 Å². The second kappa shape index (κ2) is 52.7. The largest absolute Gasteiger partial charge is 0.462 e. The molecule has 6 nitrogen and oxygen atoms in total. The molecular formula is C58H102O6. The third-order valence-corrected chi connectivity index (χ3v) is 11.8. The zero-order valence-electron chi connectivity index (χ0n) is 42.3. The molecule has 0 rings (SSSR count). The van der Waals surface area contributed by atoms with E-state index >= 15 is 0 Å². The minimum Gasteiger partial charge on any atom is -0.462 e. The monoisotopic (exact) mass is 895 g/mol. The first-order valence-corrected chi connectivity index (χ1v) is 27.3. The molecule has 0 aliphatic carbocycles. The summed E-state index contributed by atoms with van der Waals surface area (Å²) in [7, 11) is 0. The minimum absolute atomic E-state index is 0.103. The number of hydrogen-bond donors (Lipinski definition) is 0. The van der Waals surface area contributed by atoms with Crippen LogP contribution in [0.25, 0.3) is 0 Å². The number of carbonyl (C=O) groups excluding carboxylic acids is 3. The van der Waals surface area contributed by atoms with Crippen molar-refractivity contribution in [2.45, 2.75) is 277 Å². The van der Waals surface area contributed by atoms with Crippen molar-refractivity contribution in [3.05, 3.63) is 60.8 Å². The van der Waals surface area contributed by atoms with Crippen LogP contribution in [0, 0.1) is 0 Å². The van der Waals surface area contributed by atoms with Gasteiger partial charge in [0.25, 0.3) is 0 Å². The van der Waals surface area contributed by atoms with E-state index in [2.05, 4.69) is 69.4 Å². The fourth-order valence-electron chi connectivity index (χ4n) is 7.69. The molecule has 0 aliphatic rings. The topological polar surface area (TPSA) is 78.9 Å². The molecule has 0 aromatic carbocycles. The van der Waals surface area contributed by atoms with Crippen molar-refractivity contribution in [1.29, 1.82) is 0 Å². The van der Waals surface area contributed by atoms with Crippen LogP contribution in [0.3, 0.4) is 0 Å². The Balaban J connectivity index is 4.26. The molecule has 0 saturated carbocycles. The molecule has 0 N–H and O–H groups in total. The standard InChI is InChI=1S/C58H102O6/c1-4-7-10-13-16-19-22-24-25-26-27-28-29-30-31-32-33-35-36-39-42-45-48-51-57(60)63-54-55(53-62-56(59)50-47-44-41-38-21-18-15-12-9-6-3)64-58(61)52-49-46-43-40-37-34-23-20-17-14-11-8-5-2/h8,11-12,15,17,20,34,37,43,46,55H,4-7,9-10,13-14,16,18-19,21-33,35-36,38-42,44-45,47-54H2,1-3H3/b11-8-,15-12-,20-17-,37-34-,46-43-. The summed E-state index contributed by atoms with van der Waals surface area (Å²) in [4.78, 5) is 37.9. The quantitative estimate of drug-likeness (QED) is 0.0262. The van der Waals surface area contributed by atoms with Crippen LogP contribution in [0.5, 0.6) is 0 Å². The van der Waals surface area contributed by atoms with Crippen molar-refractivity contribution in [2.24, 2.45) is 0 Å². The average molecular weight is 895 g/mol. The van der Waals surface area contributed by atoms with E-state index in [1.807, 2.05) is 12.2 Å². The molecule has 1 atom stereocenters. The predicted molar refractivity (Wildman–Crippen MR) is 275 cm³/mol. The lowest BCUT2D eigenvalue weighted by molar-refractivity contribution is -0.166. The van der Waals surface area contributed by atoms with E-state index in [4.69, 9.17) is 14.2 Å². The second-order valence-electron chi connectivity index (χ2n) is 18.1. The van der Waals surface area contributed by atoms with Crippen LogP contribution in [0.4, 0.5) is 0 Å². The zero-order valence-corrected chi connectivity index (χ0v) is 42.3. The maximum absolute atomic E-state index is 12.7. The molecule has 0 aliphatic heterocycles. The molecule has 0 fully saturated rings. The van der Waals surface area contributed by atoms with E-state index in [9.17, 15) is 14.4 Å². The van der Waals surface area contributed by atoms with Gasteiger partial charge in [-0.25, -0.2) is 0 Å². The third kappa shape index (κ3) is 50.1. The van der Waals surface area contributed by atoms with Crippen molar-refractivity contribution in [1.82, 2.24) is 0 Å². The van der Waals surface area contributed by atoms with E-state index in [-0.39, 0.29) is 37.5 Å². The highest BCUT2D eigenvalue weighted by Gasteiger charge is 2.19. The van der Waals surface area contributed by atoms with Crippen LogP contribution in [0.1, 0.15) is 271 Å². The lowest BCUT2D eigenvalue weighted by Gasteiger charge is -2.18. The van der Waals surface area contributed by atoms with E-state index in [1.54, 1.807) is 0 Å². The normalized spacial score (nSPS) is 12.5. The average Bonchev–Trinajstić information content (AvgIpc) is 3.29. The van der Waals surface area contributed by atoms with Gasteiger partial charge in [-0.2, -0.15) is 0 Å². The summed E-state index contributed by atoms with van der Waals surface area (Å²) < 4.78 is 16.7. The van der Waals surface area contributed by atoms with Gasteiger partial charge in [-0.05, 0) is 64.2 Å². The summed E-state index contributed by atoms with van der Waals surface area (Å²) >= 11 is 0. The van der Waals surface area contributed by atoms with Gasteiger partial charge in [-0.3, -0.25) is 14.4 Å². The smallest absolute Gasteiger partial charge is 0.306 e. The lowest BCUT2D eigenvalue weighted by Crippen LogP contribution is -2.30. The van der Waals surface area contributed by atoms with E-state index in [0.717, 1.165) is 83.5 Å². The maximum Gasteiger partial charge on any atom is 0.306 e. The summed E-state index contributed by atoms with van der Waals surface area (Å²) in [6, 6.07) is 0. The first kappa shape index (κ1) is 61.1. The molecule has 6 heteroatoms. The van der Waals surface area contributed by atoms with E-state index in [0.29, 0.717) is 19.3 Å². The van der Waals surface area contributed by atoms with Crippen molar-refractivity contribution >= 4 is 17.9 Å². The molecule has 0 saturated heterocycles. The summed E-state index contributed by atoms with van der Waals surface area (Å²) in [5, 5.41) is 0. The Hall–Kier alpha value is -2.89. The third-order valence-electron chi connectivity index (χ3n) is 11.8. The van der Waals surface area contributed by atoms with Gasteiger partial charge in [-0.15, -0.1) is 0 Å². The van der Waals surface area contributed by atoms with Crippen molar-refractivity contribution in [2.75, 3.05) is 13.2 Å². The van der Waals surface area contributed by atoms with Gasteiger partial charge in [0.1, 0.15) is 13.2 Å². The molecule has 1 unspecified atom stereocenters. The van der Waals surface area contributed by atoms with Crippen LogP contribution in [0.15, 0.2) is 60.8 Å². The van der Waals surface area contributed by atoms with E-state index < -0.39 is 6.10 Å². The van der Waals surface area contributed by atoms with Gasteiger partial charge in [0, 0.05) is 19.3 Å². The predicted octanol–water partition coefficient (Wildman–Crippen LogP) is 18.0. The number of allylic oxidation sites excluding steroid dienone is 10. The van der Waals surface area contributed by atoms with Gasteiger partial charge in [0.05, 0.1) is 0 Å². The molecule has 0 radical (unpaired) electrons. The number of carbonyl (C=O) groups is 3. The van der Waals surface area contributed by atoms with Crippen LogP contribution in [-0.2, 0) is 28.6 Å². The highest BCUT2D eigenvalue weighted by molar-refractivity contribution is 5.71. The van der Waals surface area contributed by atoms with Gasteiger partial charge in [0.15, 0.2) is 6.10 Å². The Morgan fingerprint density at radius 1 is 0.328 bits per heavy atom. The number of ether oxygens (including phenoxy) is 3. The lowest BCUT2D eigenvalue weighted by atomic mass is 10.0. The Kier molecular flexibility index (Phi) is 50.4. The molecule has 0 heterocycles. The zero-order chi connectivity index (χ0) is 46.5.